The molecule has 0 unspecified atom stereocenters. The minimum absolute atomic E-state index is 0.145. The third-order valence-electron chi connectivity index (χ3n) is 2.32. The van der Waals surface area contributed by atoms with Gasteiger partial charge in [0, 0.05) is 12.7 Å². The molecule has 0 atom stereocenters. The van der Waals surface area contributed by atoms with E-state index in [0.29, 0.717) is 11.1 Å². The molecule has 0 N–H and O–H groups in total. The first kappa shape index (κ1) is 13.6. The summed E-state index contributed by atoms with van der Waals surface area (Å²) in [4.78, 5) is 11.0. The average Bonchev–Trinajstić information content (AvgIpc) is 3.04. The molecule has 7 nitrogen and oxygen atoms in total. The molecule has 0 aliphatic heterocycles. The van der Waals surface area contributed by atoms with Crippen molar-refractivity contribution in [2.45, 2.75) is 25.1 Å². The highest BCUT2D eigenvalue weighted by atomic mass is 32.2. The van der Waals surface area contributed by atoms with Crippen molar-refractivity contribution in [3.05, 3.63) is 12.3 Å². The second-order valence-corrected chi connectivity index (χ2v) is 4.60. The van der Waals surface area contributed by atoms with E-state index in [1.54, 1.807) is 6.20 Å². The van der Waals surface area contributed by atoms with E-state index in [0.717, 1.165) is 30.4 Å². The number of nitrogens with zero attached hydrogens (tertiary/aromatic N) is 4. The van der Waals surface area contributed by atoms with Crippen LogP contribution in [-0.2, 0) is 16.1 Å². The van der Waals surface area contributed by atoms with Crippen LogP contribution in [0.1, 0.15) is 13.3 Å². The highest BCUT2D eigenvalue weighted by Crippen LogP contribution is 2.23. The van der Waals surface area contributed by atoms with Crippen LogP contribution >= 0.6 is 11.8 Å². The summed E-state index contributed by atoms with van der Waals surface area (Å²) in [5.74, 6) is 0.214. The summed E-state index contributed by atoms with van der Waals surface area (Å²) in [6.45, 7) is 2.85. The number of ether oxygens (including phenoxy) is 1. The molecule has 0 radical (unpaired) electrons. The van der Waals surface area contributed by atoms with Crippen LogP contribution < -0.4 is 0 Å². The van der Waals surface area contributed by atoms with E-state index in [1.807, 2.05) is 10.7 Å². The zero-order valence-electron chi connectivity index (χ0n) is 10.7. The van der Waals surface area contributed by atoms with E-state index in [9.17, 15) is 4.79 Å². The molecular formula is C11H14N4O3S. The van der Waals surface area contributed by atoms with Gasteiger partial charge in [0.15, 0.2) is 0 Å². The molecule has 2 rings (SSSR count). The summed E-state index contributed by atoms with van der Waals surface area (Å²) in [6.07, 6.45) is 2.66. The van der Waals surface area contributed by atoms with Crippen molar-refractivity contribution in [2.75, 3.05) is 12.9 Å². The maximum absolute atomic E-state index is 11.0. The maximum atomic E-state index is 11.0. The summed E-state index contributed by atoms with van der Waals surface area (Å²) in [5, 5.41) is 12.4. The second kappa shape index (κ2) is 6.37. The number of aryl methyl sites for hydroxylation is 1. The van der Waals surface area contributed by atoms with Gasteiger partial charge < -0.3 is 9.15 Å². The van der Waals surface area contributed by atoms with Crippen LogP contribution in [0.5, 0.6) is 0 Å². The van der Waals surface area contributed by atoms with E-state index in [1.165, 1.54) is 7.11 Å². The number of carbonyl (C=O) groups is 1. The number of methoxy groups -OCH3 is 1. The lowest BCUT2D eigenvalue weighted by Crippen LogP contribution is -2.02. The van der Waals surface area contributed by atoms with E-state index in [2.05, 4.69) is 27.0 Å². The van der Waals surface area contributed by atoms with Crippen molar-refractivity contribution in [2.24, 2.45) is 0 Å². The maximum Gasteiger partial charge on any atom is 0.316 e. The predicted molar refractivity (Wildman–Crippen MR) is 68.6 cm³/mol. The van der Waals surface area contributed by atoms with E-state index >= 15 is 0 Å². The summed E-state index contributed by atoms with van der Waals surface area (Å²) >= 11 is 1.15. The SMILES string of the molecule is CCCn1nccc1-c1nnc(SCC(=O)OC)o1. The first-order valence-electron chi connectivity index (χ1n) is 5.80. The number of carbonyl (C=O) groups excluding carboxylic acids is 1. The number of hydrogen-bond acceptors (Lipinski definition) is 7. The Bertz CT molecular complexity index is 552. The van der Waals surface area contributed by atoms with Gasteiger partial charge in [-0.3, -0.25) is 9.48 Å². The van der Waals surface area contributed by atoms with Gasteiger partial charge in [-0.05, 0) is 12.5 Å². The number of thioether (sulfide) groups is 1. The number of hydrogen-bond donors (Lipinski definition) is 0. The van der Waals surface area contributed by atoms with Crippen molar-refractivity contribution in [3.8, 4) is 11.6 Å². The fraction of sp³-hybridized carbons (Fsp3) is 0.455. The molecule has 2 aromatic rings. The van der Waals surface area contributed by atoms with Crippen molar-refractivity contribution in [1.82, 2.24) is 20.0 Å². The highest BCUT2D eigenvalue weighted by molar-refractivity contribution is 7.99. The topological polar surface area (TPSA) is 83.0 Å². The van der Waals surface area contributed by atoms with Crippen molar-refractivity contribution < 1.29 is 13.9 Å². The summed E-state index contributed by atoms with van der Waals surface area (Å²) < 4.78 is 11.8. The summed E-state index contributed by atoms with van der Waals surface area (Å²) in [6, 6.07) is 1.82. The standard InChI is InChI=1S/C11H14N4O3S/c1-3-6-15-8(4-5-12-15)10-13-14-11(18-10)19-7-9(16)17-2/h4-5H,3,6-7H2,1-2H3. The first-order valence-corrected chi connectivity index (χ1v) is 6.78. The van der Waals surface area contributed by atoms with E-state index < -0.39 is 0 Å². The van der Waals surface area contributed by atoms with E-state index in [-0.39, 0.29) is 11.7 Å². The average molecular weight is 282 g/mol. The summed E-state index contributed by atoms with van der Waals surface area (Å²) in [5.41, 5.74) is 0.777. The van der Waals surface area contributed by atoms with Gasteiger partial charge >= 0.3 is 5.97 Å². The Morgan fingerprint density at radius 1 is 1.53 bits per heavy atom. The largest absolute Gasteiger partial charge is 0.468 e. The van der Waals surface area contributed by atoms with Crippen LogP contribution in [0.15, 0.2) is 21.9 Å². The Morgan fingerprint density at radius 2 is 2.37 bits per heavy atom. The Kier molecular flexibility index (Phi) is 4.56. The van der Waals surface area contributed by atoms with Crippen LogP contribution in [0, 0.1) is 0 Å². The van der Waals surface area contributed by atoms with Crippen LogP contribution in [0.3, 0.4) is 0 Å². The van der Waals surface area contributed by atoms with Crippen LogP contribution in [-0.4, -0.2) is 38.8 Å². The Hall–Kier alpha value is -1.83. The molecule has 2 heterocycles. The van der Waals surface area contributed by atoms with E-state index in [4.69, 9.17) is 4.42 Å². The number of esters is 1. The molecule has 0 aromatic carbocycles. The molecular weight excluding hydrogens is 268 g/mol. The molecule has 0 aliphatic rings. The third-order valence-corrected chi connectivity index (χ3v) is 3.11. The molecule has 102 valence electrons. The Balaban J connectivity index is 2.07. The molecule has 0 saturated heterocycles. The lowest BCUT2D eigenvalue weighted by molar-refractivity contribution is -0.137. The molecule has 2 aromatic heterocycles. The highest BCUT2D eigenvalue weighted by Gasteiger charge is 2.14. The van der Waals surface area contributed by atoms with Gasteiger partial charge in [0.25, 0.3) is 11.1 Å². The molecule has 0 amide bonds. The third kappa shape index (κ3) is 3.34. The lowest BCUT2D eigenvalue weighted by Gasteiger charge is -2.01. The van der Waals surface area contributed by atoms with Crippen molar-refractivity contribution >= 4 is 17.7 Å². The minimum Gasteiger partial charge on any atom is -0.468 e. The van der Waals surface area contributed by atoms with Gasteiger partial charge in [-0.15, -0.1) is 10.2 Å². The van der Waals surface area contributed by atoms with Gasteiger partial charge in [0.05, 0.1) is 7.11 Å². The first-order chi connectivity index (χ1) is 9.24. The fourth-order valence-electron chi connectivity index (χ4n) is 1.46. The lowest BCUT2D eigenvalue weighted by atomic mass is 10.4. The van der Waals surface area contributed by atoms with Crippen LogP contribution in [0.2, 0.25) is 0 Å². The molecule has 8 heteroatoms. The van der Waals surface area contributed by atoms with Gasteiger partial charge in [0.1, 0.15) is 11.4 Å². The number of aromatic nitrogens is 4. The van der Waals surface area contributed by atoms with Gasteiger partial charge in [-0.25, -0.2) is 0 Å². The normalized spacial score (nSPS) is 10.6. The molecule has 19 heavy (non-hydrogen) atoms. The predicted octanol–water partition coefficient (Wildman–Crippen LogP) is 1.61. The number of rotatable bonds is 6. The van der Waals surface area contributed by atoms with Crippen LogP contribution in [0.25, 0.3) is 11.6 Å². The van der Waals surface area contributed by atoms with Gasteiger partial charge in [-0.1, -0.05) is 18.7 Å². The zero-order valence-corrected chi connectivity index (χ0v) is 11.5. The van der Waals surface area contributed by atoms with Gasteiger partial charge in [-0.2, -0.15) is 5.10 Å². The monoisotopic (exact) mass is 282 g/mol. The second-order valence-electron chi connectivity index (χ2n) is 3.68. The molecule has 0 bridgehead atoms. The smallest absolute Gasteiger partial charge is 0.316 e. The summed E-state index contributed by atoms with van der Waals surface area (Å²) in [7, 11) is 1.34. The molecule has 0 saturated carbocycles. The van der Waals surface area contributed by atoms with Crippen molar-refractivity contribution in [1.29, 1.82) is 0 Å². The van der Waals surface area contributed by atoms with Crippen LogP contribution in [0.4, 0.5) is 0 Å². The quantitative estimate of drug-likeness (QED) is 0.588. The van der Waals surface area contributed by atoms with Crippen molar-refractivity contribution in [3.63, 3.8) is 0 Å². The fourth-order valence-corrected chi connectivity index (χ4v) is 2.05. The molecule has 0 spiro atoms. The Morgan fingerprint density at radius 3 is 3.11 bits per heavy atom. The molecule has 0 aliphatic carbocycles. The molecule has 0 fully saturated rings. The Labute approximate surface area is 114 Å². The minimum atomic E-state index is -0.333. The van der Waals surface area contributed by atoms with Gasteiger partial charge in [0.2, 0.25) is 0 Å². The zero-order chi connectivity index (χ0) is 13.7.